The first-order valence-electron chi connectivity index (χ1n) is 5.96. The fourth-order valence-corrected chi connectivity index (χ4v) is 3.86. The second-order valence-corrected chi connectivity index (χ2v) is 7.12. The van der Waals surface area contributed by atoms with Gasteiger partial charge in [-0.2, -0.15) is 0 Å². The van der Waals surface area contributed by atoms with E-state index in [2.05, 4.69) is 20.7 Å². The van der Waals surface area contributed by atoms with Gasteiger partial charge in [-0.25, -0.2) is 8.42 Å². The van der Waals surface area contributed by atoms with E-state index in [9.17, 15) is 8.42 Å². The highest BCUT2D eigenvalue weighted by Crippen LogP contribution is 2.29. The number of halogens is 1. The van der Waals surface area contributed by atoms with E-state index in [0.717, 1.165) is 0 Å². The fourth-order valence-electron chi connectivity index (χ4n) is 1.93. The van der Waals surface area contributed by atoms with Crippen molar-refractivity contribution < 1.29 is 17.9 Å². The molecule has 0 atom stereocenters. The molecule has 0 bridgehead atoms. The topological polar surface area (TPSA) is 64.6 Å². The maximum Gasteiger partial charge on any atom is 0.235 e. The highest BCUT2D eigenvalue weighted by molar-refractivity contribution is 9.10. The SMILES string of the molecule is COc1ccc(Br)c(NS(=O)(=O)C2CCOCC2)c1. The predicted molar refractivity (Wildman–Crippen MR) is 77.1 cm³/mol. The lowest BCUT2D eigenvalue weighted by Crippen LogP contribution is -2.33. The second kappa shape index (κ2) is 6.11. The molecule has 1 saturated heterocycles. The van der Waals surface area contributed by atoms with E-state index in [0.29, 0.717) is 42.0 Å². The molecular weight excluding hydrogens is 334 g/mol. The second-order valence-electron chi connectivity index (χ2n) is 4.30. The van der Waals surface area contributed by atoms with Crippen LogP contribution in [0.1, 0.15) is 12.8 Å². The van der Waals surface area contributed by atoms with Crippen LogP contribution in [-0.4, -0.2) is 34.0 Å². The van der Waals surface area contributed by atoms with Gasteiger partial charge in [-0.15, -0.1) is 0 Å². The summed E-state index contributed by atoms with van der Waals surface area (Å²) >= 11 is 3.33. The number of methoxy groups -OCH3 is 1. The fraction of sp³-hybridized carbons (Fsp3) is 0.500. The maximum absolute atomic E-state index is 12.3. The van der Waals surface area contributed by atoms with Gasteiger partial charge in [0.25, 0.3) is 0 Å². The minimum absolute atomic E-state index is 0.403. The Hall–Kier alpha value is -0.790. The average molecular weight is 350 g/mol. The quantitative estimate of drug-likeness (QED) is 0.906. The van der Waals surface area contributed by atoms with Gasteiger partial charge in [0, 0.05) is 23.8 Å². The highest BCUT2D eigenvalue weighted by atomic mass is 79.9. The molecular formula is C12H16BrNO4S. The van der Waals surface area contributed by atoms with Gasteiger partial charge in [0.1, 0.15) is 5.75 Å². The Balaban J connectivity index is 2.19. The van der Waals surface area contributed by atoms with Crippen molar-refractivity contribution in [3.8, 4) is 5.75 Å². The highest BCUT2D eigenvalue weighted by Gasteiger charge is 2.28. The zero-order chi connectivity index (χ0) is 13.9. The molecule has 0 amide bonds. The van der Waals surface area contributed by atoms with Crippen LogP contribution in [0.5, 0.6) is 5.75 Å². The average Bonchev–Trinajstić information content (AvgIpc) is 2.42. The van der Waals surface area contributed by atoms with Crippen LogP contribution >= 0.6 is 15.9 Å². The van der Waals surface area contributed by atoms with Crippen molar-refractivity contribution in [1.82, 2.24) is 0 Å². The molecule has 1 aromatic carbocycles. The van der Waals surface area contributed by atoms with Crippen LogP contribution in [0.4, 0.5) is 5.69 Å². The Morgan fingerprint density at radius 1 is 1.37 bits per heavy atom. The van der Waals surface area contributed by atoms with E-state index >= 15 is 0 Å². The predicted octanol–water partition coefficient (Wildman–Crippen LogP) is 2.38. The molecule has 2 rings (SSSR count). The van der Waals surface area contributed by atoms with Gasteiger partial charge in [-0.05, 0) is 40.9 Å². The van der Waals surface area contributed by atoms with Gasteiger partial charge in [0.15, 0.2) is 0 Å². The number of ether oxygens (including phenoxy) is 2. The van der Waals surface area contributed by atoms with Gasteiger partial charge in [0.05, 0.1) is 18.0 Å². The lowest BCUT2D eigenvalue weighted by molar-refractivity contribution is 0.0984. The smallest absolute Gasteiger partial charge is 0.235 e. The van der Waals surface area contributed by atoms with Crippen molar-refractivity contribution in [1.29, 1.82) is 0 Å². The summed E-state index contributed by atoms with van der Waals surface area (Å²) in [7, 11) is -1.86. The van der Waals surface area contributed by atoms with Crippen LogP contribution in [0.15, 0.2) is 22.7 Å². The number of hydrogen-bond donors (Lipinski definition) is 1. The number of sulfonamides is 1. The van der Waals surface area contributed by atoms with Gasteiger partial charge < -0.3 is 9.47 Å². The summed E-state index contributed by atoms with van der Waals surface area (Å²) in [4.78, 5) is 0. The Morgan fingerprint density at radius 2 is 2.05 bits per heavy atom. The Labute approximate surface area is 121 Å². The first-order valence-corrected chi connectivity index (χ1v) is 8.30. The molecule has 0 unspecified atom stereocenters. The van der Waals surface area contributed by atoms with Gasteiger partial charge in [-0.1, -0.05) is 0 Å². The molecule has 0 aliphatic carbocycles. The molecule has 1 heterocycles. The molecule has 1 N–H and O–H groups in total. The van der Waals surface area contributed by atoms with E-state index in [-0.39, 0.29) is 0 Å². The van der Waals surface area contributed by atoms with E-state index in [4.69, 9.17) is 9.47 Å². The Kier molecular flexibility index (Phi) is 4.70. The molecule has 1 aliphatic rings. The summed E-state index contributed by atoms with van der Waals surface area (Å²) in [5.74, 6) is 0.605. The van der Waals surface area contributed by atoms with Crippen molar-refractivity contribution >= 4 is 31.6 Å². The van der Waals surface area contributed by atoms with Gasteiger partial charge in [-0.3, -0.25) is 4.72 Å². The van der Waals surface area contributed by atoms with Crippen LogP contribution in [-0.2, 0) is 14.8 Å². The number of anilines is 1. The monoisotopic (exact) mass is 349 g/mol. The molecule has 106 valence electrons. The zero-order valence-corrected chi connectivity index (χ0v) is 13.0. The van der Waals surface area contributed by atoms with Crippen molar-refractivity contribution in [3.05, 3.63) is 22.7 Å². The molecule has 0 saturated carbocycles. The third-order valence-corrected chi connectivity index (χ3v) is 5.58. The minimum atomic E-state index is -3.40. The van der Waals surface area contributed by atoms with Crippen molar-refractivity contribution in [2.24, 2.45) is 0 Å². The summed E-state index contributed by atoms with van der Waals surface area (Å²) in [5.41, 5.74) is 0.492. The lowest BCUT2D eigenvalue weighted by Gasteiger charge is -2.23. The Morgan fingerprint density at radius 3 is 2.68 bits per heavy atom. The summed E-state index contributed by atoms with van der Waals surface area (Å²) in [5, 5.41) is -0.403. The van der Waals surface area contributed by atoms with Crippen LogP contribution in [0.2, 0.25) is 0 Å². The first kappa shape index (κ1) is 14.6. The zero-order valence-electron chi connectivity index (χ0n) is 10.6. The van der Waals surface area contributed by atoms with Crippen LogP contribution in [0, 0.1) is 0 Å². The van der Waals surface area contributed by atoms with Crippen molar-refractivity contribution in [2.45, 2.75) is 18.1 Å². The van der Waals surface area contributed by atoms with E-state index in [1.165, 1.54) is 0 Å². The van der Waals surface area contributed by atoms with Crippen LogP contribution < -0.4 is 9.46 Å². The molecule has 7 heteroatoms. The van der Waals surface area contributed by atoms with E-state index in [1.807, 2.05) is 0 Å². The van der Waals surface area contributed by atoms with Crippen LogP contribution in [0.25, 0.3) is 0 Å². The summed E-state index contributed by atoms with van der Waals surface area (Å²) in [6.07, 6.45) is 1.05. The van der Waals surface area contributed by atoms with Crippen molar-refractivity contribution in [2.75, 3.05) is 25.0 Å². The standard InChI is InChI=1S/C12H16BrNO4S/c1-17-9-2-3-11(13)12(8-9)14-19(15,16)10-4-6-18-7-5-10/h2-3,8,10,14H,4-7H2,1H3. The maximum atomic E-state index is 12.3. The lowest BCUT2D eigenvalue weighted by atomic mass is 10.2. The molecule has 0 spiro atoms. The van der Waals surface area contributed by atoms with Crippen LogP contribution in [0.3, 0.4) is 0 Å². The third-order valence-electron chi connectivity index (χ3n) is 3.03. The normalized spacial score (nSPS) is 17.2. The van der Waals surface area contributed by atoms with Gasteiger partial charge >= 0.3 is 0 Å². The summed E-state index contributed by atoms with van der Waals surface area (Å²) < 4.78 is 38.1. The first-order chi connectivity index (χ1) is 9.03. The molecule has 0 aromatic heterocycles. The van der Waals surface area contributed by atoms with E-state index < -0.39 is 15.3 Å². The molecule has 1 fully saturated rings. The summed E-state index contributed by atoms with van der Waals surface area (Å²) in [6.45, 7) is 0.982. The number of hydrogen-bond acceptors (Lipinski definition) is 4. The molecule has 1 aromatic rings. The molecule has 0 radical (unpaired) electrons. The van der Waals surface area contributed by atoms with Gasteiger partial charge in [0.2, 0.25) is 10.0 Å². The third kappa shape index (κ3) is 3.61. The molecule has 5 nitrogen and oxygen atoms in total. The summed E-state index contributed by atoms with van der Waals surface area (Å²) in [6, 6.07) is 5.16. The number of benzene rings is 1. The molecule has 1 aliphatic heterocycles. The molecule has 19 heavy (non-hydrogen) atoms. The number of rotatable bonds is 4. The number of nitrogens with one attached hydrogen (secondary N) is 1. The minimum Gasteiger partial charge on any atom is -0.497 e. The van der Waals surface area contributed by atoms with E-state index in [1.54, 1.807) is 25.3 Å². The largest absolute Gasteiger partial charge is 0.497 e. The Bertz CT molecular complexity index is 541. The van der Waals surface area contributed by atoms with Crippen molar-refractivity contribution in [3.63, 3.8) is 0 Å².